The van der Waals surface area contributed by atoms with Gasteiger partial charge >= 0.3 is 0 Å². The highest BCUT2D eigenvalue weighted by atomic mass is 127. The van der Waals surface area contributed by atoms with E-state index in [1.165, 1.54) is 0 Å². The first-order valence-electron chi connectivity index (χ1n) is 10.3. The molecule has 2 aromatic rings. The van der Waals surface area contributed by atoms with Crippen LogP contribution in [0.5, 0.6) is 0 Å². The second-order valence-corrected chi connectivity index (χ2v) is 7.64. The Morgan fingerprint density at radius 2 is 1.97 bits per heavy atom. The van der Waals surface area contributed by atoms with E-state index in [4.69, 9.17) is 4.74 Å². The van der Waals surface area contributed by atoms with Gasteiger partial charge in [-0.1, -0.05) is 19.9 Å². The summed E-state index contributed by atoms with van der Waals surface area (Å²) in [6.07, 6.45) is 5.59. The smallest absolute Gasteiger partial charge is 0.191 e. The lowest BCUT2D eigenvalue weighted by molar-refractivity contribution is 0.00752. The molecule has 1 atom stereocenters. The second kappa shape index (κ2) is 12.2. The summed E-state index contributed by atoms with van der Waals surface area (Å²) < 4.78 is 7.46. The van der Waals surface area contributed by atoms with E-state index in [1.807, 2.05) is 30.0 Å². The van der Waals surface area contributed by atoms with Gasteiger partial charge in [0.25, 0.3) is 0 Å². The van der Waals surface area contributed by atoms with Crippen LogP contribution in [-0.4, -0.2) is 71.3 Å². The van der Waals surface area contributed by atoms with Crippen molar-refractivity contribution in [3.05, 3.63) is 42.1 Å². The Labute approximate surface area is 196 Å². The van der Waals surface area contributed by atoms with Crippen LogP contribution in [0.2, 0.25) is 0 Å². The van der Waals surface area contributed by atoms with Crippen LogP contribution in [0.15, 0.2) is 35.7 Å². The summed E-state index contributed by atoms with van der Waals surface area (Å²) in [4.78, 5) is 15.7. The van der Waals surface area contributed by atoms with Crippen LogP contribution in [0.1, 0.15) is 25.2 Å². The second-order valence-electron chi connectivity index (χ2n) is 7.64. The molecule has 3 heterocycles. The van der Waals surface area contributed by atoms with E-state index in [9.17, 15) is 0 Å². The lowest BCUT2D eigenvalue weighted by atomic mass is 10.0. The van der Waals surface area contributed by atoms with Gasteiger partial charge in [-0.3, -0.25) is 14.5 Å². The minimum atomic E-state index is 0. The largest absolute Gasteiger partial charge is 0.379 e. The molecule has 0 spiro atoms. The molecule has 1 saturated heterocycles. The highest BCUT2D eigenvalue weighted by molar-refractivity contribution is 14.0. The van der Waals surface area contributed by atoms with Crippen LogP contribution in [0.4, 0.5) is 0 Å². The van der Waals surface area contributed by atoms with Gasteiger partial charge in [0.1, 0.15) is 11.6 Å². The number of nitrogens with one attached hydrogen (secondary N) is 2. The van der Waals surface area contributed by atoms with Crippen LogP contribution in [0, 0.1) is 12.8 Å². The highest BCUT2D eigenvalue weighted by Crippen LogP contribution is 2.12. The zero-order valence-electron chi connectivity index (χ0n) is 18.3. The molecule has 0 radical (unpaired) electrons. The molecular weight excluding hydrogens is 493 g/mol. The Kier molecular flexibility index (Phi) is 9.99. The van der Waals surface area contributed by atoms with Gasteiger partial charge in [0.15, 0.2) is 5.96 Å². The molecule has 1 unspecified atom stereocenters. The van der Waals surface area contributed by atoms with Gasteiger partial charge in [0.2, 0.25) is 0 Å². The van der Waals surface area contributed by atoms with E-state index in [0.29, 0.717) is 18.5 Å². The lowest BCUT2D eigenvalue weighted by Gasteiger charge is -2.37. The van der Waals surface area contributed by atoms with Crippen molar-refractivity contribution in [3.8, 4) is 5.82 Å². The van der Waals surface area contributed by atoms with Crippen LogP contribution in [-0.2, 0) is 11.3 Å². The Bertz CT molecular complexity index is 785. The maximum Gasteiger partial charge on any atom is 0.191 e. The third-order valence-electron chi connectivity index (χ3n) is 5.33. The number of imidazole rings is 1. The number of aryl methyl sites for hydroxylation is 1. The molecule has 3 rings (SSSR count). The molecule has 0 saturated carbocycles. The molecule has 1 fully saturated rings. The molecule has 1 aliphatic rings. The summed E-state index contributed by atoms with van der Waals surface area (Å²) in [5.41, 5.74) is 1.10. The molecule has 0 aliphatic carbocycles. The van der Waals surface area contributed by atoms with Crippen molar-refractivity contribution >= 4 is 29.9 Å². The van der Waals surface area contributed by atoms with E-state index < -0.39 is 0 Å². The van der Waals surface area contributed by atoms with Gasteiger partial charge in [-0.05, 0) is 24.5 Å². The molecule has 30 heavy (non-hydrogen) atoms. The van der Waals surface area contributed by atoms with Crippen molar-refractivity contribution in [2.24, 2.45) is 10.9 Å². The van der Waals surface area contributed by atoms with Crippen molar-refractivity contribution in [2.45, 2.75) is 33.4 Å². The van der Waals surface area contributed by atoms with Gasteiger partial charge in [0, 0.05) is 57.9 Å². The number of rotatable bonds is 7. The van der Waals surface area contributed by atoms with Crippen molar-refractivity contribution < 1.29 is 4.74 Å². The third kappa shape index (κ3) is 6.64. The van der Waals surface area contributed by atoms with E-state index in [1.54, 1.807) is 13.2 Å². The number of ether oxygens (including phenoxy) is 1. The first-order valence-corrected chi connectivity index (χ1v) is 10.3. The predicted octanol–water partition coefficient (Wildman–Crippen LogP) is 2.22. The lowest BCUT2D eigenvalue weighted by Crippen LogP contribution is -2.52. The minimum absolute atomic E-state index is 0. The van der Waals surface area contributed by atoms with Gasteiger partial charge in [-0.15, -0.1) is 24.0 Å². The van der Waals surface area contributed by atoms with Gasteiger partial charge in [-0.25, -0.2) is 9.97 Å². The Morgan fingerprint density at radius 3 is 2.53 bits per heavy atom. The summed E-state index contributed by atoms with van der Waals surface area (Å²) in [5, 5.41) is 6.87. The molecular formula is C21H34IN7O. The van der Waals surface area contributed by atoms with E-state index in [-0.39, 0.29) is 24.0 Å². The SMILES string of the molecule is CN=C(NCc1ccc(-n2ccnc2C)nc1)NCC(C(C)C)N1CCOCC1.I. The minimum Gasteiger partial charge on any atom is -0.379 e. The van der Waals surface area contributed by atoms with Gasteiger partial charge < -0.3 is 15.4 Å². The van der Waals surface area contributed by atoms with Gasteiger partial charge in [0.05, 0.1) is 13.2 Å². The Morgan fingerprint density at radius 1 is 1.20 bits per heavy atom. The predicted molar refractivity (Wildman–Crippen MR) is 131 cm³/mol. The van der Waals surface area contributed by atoms with Crippen molar-refractivity contribution in [2.75, 3.05) is 39.9 Å². The molecule has 166 valence electrons. The summed E-state index contributed by atoms with van der Waals surface area (Å²) in [6, 6.07) is 4.54. The van der Waals surface area contributed by atoms with E-state index in [0.717, 1.165) is 56.0 Å². The molecule has 0 bridgehead atoms. The molecule has 8 nitrogen and oxygen atoms in total. The number of aromatic nitrogens is 3. The molecule has 2 N–H and O–H groups in total. The maximum atomic E-state index is 5.49. The number of nitrogens with zero attached hydrogens (tertiary/aromatic N) is 5. The van der Waals surface area contributed by atoms with Crippen molar-refractivity contribution in [1.29, 1.82) is 0 Å². The Balaban J connectivity index is 0.00000320. The quantitative estimate of drug-likeness (QED) is 0.327. The number of guanidine groups is 1. The maximum absolute atomic E-state index is 5.49. The number of hydrogen-bond acceptors (Lipinski definition) is 5. The molecule has 0 amide bonds. The first-order chi connectivity index (χ1) is 14.1. The summed E-state index contributed by atoms with van der Waals surface area (Å²) in [7, 11) is 1.80. The van der Waals surface area contributed by atoms with Crippen LogP contribution >= 0.6 is 24.0 Å². The van der Waals surface area contributed by atoms with Crippen LogP contribution in [0.3, 0.4) is 0 Å². The number of hydrogen-bond donors (Lipinski definition) is 2. The van der Waals surface area contributed by atoms with Crippen LogP contribution in [0.25, 0.3) is 5.82 Å². The fourth-order valence-corrected chi connectivity index (χ4v) is 3.59. The fourth-order valence-electron chi connectivity index (χ4n) is 3.59. The zero-order valence-corrected chi connectivity index (χ0v) is 20.7. The summed E-state index contributed by atoms with van der Waals surface area (Å²) in [5.74, 6) is 3.16. The van der Waals surface area contributed by atoms with Crippen LogP contribution < -0.4 is 10.6 Å². The molecule has 9 heteroatoms. The normalized spacial score (nSPS) is 16.2. The van der Waals surface area contributed by atoms with E-state index >= 15 is 0 Å². The van der Waals surface area contributed by atoms with Gasteiger partial charge in [-0.2, -0.15) is 0 Å². The number of morpholine rings is 1. The average molecular weight is 527 g/mol. The topological polar surface area (TPSA) is 79.6 Å². The van der Waals surface area contributed by atoms with Crippen molar-refractivity contribution in [1.82, 2.24) is 30.1 Å². The molecule has 2 aromatic heterocycles. The number of halogens is 1. The zero-order chi connectivity index (χ0) is 20.6. The monoisotopic (exact) mass is 527 g/mol. The summed E-state index contributed by atoms with van der Waals surface area (Å²) >= 11 is 0. The number of pyridine rings is 1. The molecule has 1 aliphatic heterocycles. The highest BCUT2D eigenvalue weighted by Gasteiger charge is 2.23. The molecule has 0 aromatic carbocycles. The Hall–Kier alpha value is -1.72. The van der Waals surface area contributed by atoms with E-state index in [2.05, 4.69) is 50.4 Å². The fraction of sp³-hybridized carbons (Fsp3) is 0.571. The third-order valence-corrected chi connectivity index (χ3v) is 5.33. The standard InChI is InChI=1S/C21H33N7O.HI/c1-16(2)19(27-9-11-29-12-10-27)15-26-21(22-4)25-14-18-5-6-20(24-13-18)28-8-7-23-17(28)3;/h5-8,13,16,19H,9-12,14-15H2,1-4H3,(H2,22,25,26);1H. The summed E-state index contributed by atoms with van der Waals surface area (Å²) in [6.45, 7) is 11.6. The van der Waals surface area contributed by atoms with Crippen molar-refractivity contribution in [3.63, 3.8) is 0 Å². The average Bonchev–Trinajstić information content (AvgIpc) is 3.17. The number of aliphatic imine (C=N–C) groups is 1. The first kappa shape index (κ1) is 24.5.